The molecule has 5 rings (SSSR count). The minimum atomic E-state index is 0.166. The van der Waals surface area contributed by atoms with Crippen molar-refractivity contribution in [2.24, 2.45) is 5.92 Å². The average molecular weight is 393 g/mol. The molecule has 1 amide bonds. The second-order valence-electron chi connectivity index (χ2n) is 8.15. The molecule has 0 bridgehead atoms. The molecule has 0 spiro atoms. The van der Waals surface area contributed by atoms with Crippen molar-refractivity contribution in [1.29, 1.82) is 0 Å². The molecule has 2 aromatic rings. The lowest BCUT2D eigenvalue weighted by atomic mass is 9.76. The Balaban J connectivity index is 1.55. The summed E-state index contributed by atoms with van der Waals surface area (Å²) in [4.78, 5) is 15.3. The molecule has 28 heavy (non-hydrogen) atoms. The molecule has 1 fully saturated rings. The molecule has 0 saturated carbocycles. The number of likely N-dealkylation sites (tertiary alicyclic amines) is 1. The van der Waals surface area contributed by atoms with Crippen LogP contribution in [-0.4, -0.2) is 23.9 Å². The maximum atomic E-state index is 13.3. The Morgan fingerprint density at radius 1 is 1.04 bits per heavy atom. The van der Waals surface area contributed by atoms with E-state index in [1.54, 1.807) is 0 Å². The molecule has 1 aliphatic carbocycles. The maximum Gasteiger partial charge on any atom is 0.255 e. The van der Waals surface area contributed by atoms with E-state index >= 15 is 0 Å². The number of amides is 1. The number of piperidine rings is 1. The minimum Gasteiger partial charge on any atom is -0.377 e. The van der Waals surface area contributed by atoms with E-state index < -0.39 is 0 Å². The second kappa shape index (κ2) is 7.29. The molecule has 1 saturated heterocycles. The van der Waals surface area contributed by atoms with Gasteiger partial charge in [-0.2, -0.15) is 0 Å². The third-order valence-corrected chi connectivity index (χ3v) is 6.75. The van der Waals surface area contributed by atoms with Gasteiger partial charge in [0.1, 0.15) is 0 Å². The molecule has 3 aliphatic rings. The van der Waals surface area contributed by atoms with Crippen LogP contribution in [0.2, 0.25) is 5.02 Å². The molecule has 1 N–H and O–H groups in total. The van der Waals surface area contributed by atoms with Crippen molar-refractivity contribution in [3.8, 4) is 0 Å². The van der Waals surface area contributed by atoms with Crippen LogP contribution in [0.3, 0.4) is 0 Å². The zero-order valence-electron chi connectivity index (χ0n) is 15.9. The average Bonchev–Trinajstić information content (AvgIpc) is 3.24. The zero-order chi connectivity index (χ0) is 19.1. The highest BCUT2D eigenvalue weighted by Crippen LogP contribution is 2.50. The number of benzene rings is 2. The van der Waals surface area contributed by atoms with Gasteiger partial charge in [-0.15, -0.1) is 0 Å². The van der Waals surface area contributed by atoms with Crippen molar-refractivity contribution in [2.75, 3.05) is 18.4 Å². The van der Waals surface area contributed by atoms with Crippen LogP contribution in [0.15, 0.2) is 54.6 Å². The summed E-state index contributed by atoms with van der Waals surface area (Å²) in [6, 6.07) is 14.5. The standard InChI is InChI=1S/C24H25ClN2O/c25-17-12-10-16(11-13-17)22-19-7-4-6-18(19)20-8-5-9-21(23(20)26-22)24(28)27-14-2-1-3-15-27/h4-6,8-13,18-19,22,26H,1-3,7,14-15H2. The highest BCUT2D eigenvalue weighted by atomic mass is 35.5. The molecule has 0 radical (unpaired) electrons. The van der Waals surface area contributed by atoms with Gasteiger partial charge < -0.3 is 10.2 Å². The normalized spacial score (nSPS) is 25.8. The molecule has 4 heteroatoms. The van der Waals surface area contributed by atoms with E-state index in [0.717, 1.165) is 48.6 Å². The molecule has 3 atom stereocenters. The quantitative estimate of drug-likeness (QED) is 0.655. The van der Waals surface area contributed by atoms with Gasteiger partial charge >= 0.3 is 0 Å². The third-order valence-electron chi connectivity index (χ3n) is 6.50. The van der Waals surface area contributed by atoms with Crippen LogP contribution >= 0.6 is 11.6 Å². The summed E-state index contributed by atoms with van der Waals surface area (Å²) < 4.78 is 0. The first kappa shape index (κ1) is 17.8. The summed E-state index contributed by atoms with van der Waals surface area (Å²) in [5.74, 6) is 0.986. The summed E-state index contributed by atoms with van der Waals surface area (Å²) in [5.41, 5.74) is 4.32. The Bertz CT molecular complexity index is 915. The lowest BCUT2D eigenvalue weighted by molar-refractivity contribution is 0.0725. The molecule has 2 heterocycles. The number of carbonyl (C=O) groups is 1. The van der Waals surface area contributed by atoms with E-state index in [-0.39, 0.29) is 11.9 Å². The highest BCUT2D eigenvalue weighted by molar-refractivity contribution is 6.30. The van der Waals surface area contributed by atoms with E-state index in [1.807, 2.05) is 29.2 Å². The first-order valence-corrected chi connectivity index (χ1v) is 10.7. The number of hydrogen-bond acceptors (Lipinski definition) is 2. The number of rotatable bonds is 2. The number of fused-ring (bicyclic) bond motifs is 3. The maximum absolute atomic E-state index is 13.3. The molecule has 2 aliphatic heterocycles. The Morgan fingerprint density at radius 2 is 1.82 bits per heavy atom. The highest BCUT2D eigenvalue weighted by Gasteiger charge is 2.39. The van der Waals surface area contributed by atoms with E-state index in [2.05, 4.69) is 35.7 Å². The largest absolute Gasteiger partial charge is 0.377 e. The number of allylic oxidation sites excluding steroid dienone is 2. The predicted molar refractivity (Wildman–Crippen MR) is 114 cm³/mol. The lowest BCUT2D eigenvalue weighted by Gasteiger charge is -2.39. The number of anilines is 1. The molecule has 2 aromatic carbocycles. The van der Waals surface area contributed by atoms with Crippen LogP contribution in [0.4, 0.5) is 5.69 Å². The van der Waals surface area contributed by atoms with Gasteiger partial charge in [0.25, 0.3) is 5.91 Å². The Morgan fingerprint density at radius 3 is 2.61 bits per heavy atom. The SMILES string of the molecule is O=C(c1cccc2c1NC(c1ccc(Cl)cc1)C1CC=CC21)N1CCCCC1. The Hall–Kier alpha value is -2.26. The first-order chi connectivity index (χ1) is 13.7. The van der Waals surface area contributed by atoms with Crippen molar-refractivity contribution in [3.05, 3.63) is 76.3 Å². The van der Waals surface area contributed by atoms with Crippen LogP contribution in [0.1, 0.15) is 59.1 Å². The summed E-state index contributed by atoms with van der Waals surface area (Å²) in [5, 5.41) is 4.51. The molecular weight excluding hydrogens is 368 g/mol. The van der Waals surface area contributed by atoms with Crippen molar-refractivity contribution >= 4 is 23.2 Å². The van der Waals surface area contributed by atoms with Crippen LogP contribution in [-0.2, 0) is 0 Å². The molecule has 3 unspecified atom stereocenters. The van der Waals surface area contributed by atoms with E-state index in [9.17, 15) is 4.79 Å². The fourth-order valence-electron chi connectivity index (χ4n) is 5.07. The topological polar surface area (TPSA) is 32.3 Å². The van der Waals surface area contributed by atoms with E-state index in [4.69, 9.17) is 11.6 Å². The van der Waals surface area contributed by atoms with Crippen LogP contribution in [0.25, 0.3) is 0 Å². The van der Waals surface area contributed by atoms with Gasteiger partial charge in [-0.25, -0.2) is 0 Å². The predicted octanol–water partition coefficient (Wildman–Crippen LogP) is 5.79. The molecular formula is C24H25ClN2O. The Labute approximate surface area is 171 Å². The van der Waals surface area contributed by atoms with Crippen LogP contribution < -0.4 is 5.32 Å². The Kier molecular flexibility index (Phi) is 4.64. The summed E-state index contributed by atoms with van der Waals surface area (Å²) in [6.07, 6.45) is 9.09. The van der Waals surface area contributed by atoms with Gasteiger partial charge in [0, 0.05) is 24.0 Å². The van der Waals surface area contributed by atoms with Gasteiger partial charge in [-0.3, -0.25) is 4.79 Å². The number of nitrogens with one attached hydrogen (secondary N) is 1. The van der Waals surface area contributed by atoms with Gasteiger partial charge in [0.15, 0.2) is 0 Å². The monoisotopic (exact) mass is 392 g/mol. The third kappa shape index (κ3) is 3.02. The van der Waals surface area contributed by atoms with E-state index in [1.165, 1.54) is 17.5 Å². The summed E-state index contributed by atoms with van der Waals surface area (Å²) in [6.45, 7) is 1.74. The van der Waals surface area contributed by atoms with Crippen molar-refractivity contribution in [3.63, 3.8) is 0 Å². The zero-order valence-corrected chi connectivity index (χ0v) is 16.7. The molecule has 3 nitrogen and oxygen atoms in total. The number of nitrogens with zero attached hydrogens (tertiary/aromatic N) is 1. The van der Waals surface area contributed by atoms with Crippen LogP contribution in [0, 0.1) is 5.92 Å². The van der Waals surface area contributed by atoms with Gasteiger partial charge in [0.2, 0.25) is 0 Å². The van der Waals surface area contributed by atoms with Gasteiger partial charge in [-0.1, -0.05) is 48.0 Å². The van der Waals surface area contributed by atoms with E-state index in [0.29, 0.717) is 11.8 Å². The first-order valence-electron chi connectivity index (χ1n) is 10.3. The summed E-state index contributed by atoms with van der Waals surface area (Å²) in [7, 11) is 0. The smallest absolute Gasteiger partial charge is 0.255 e. The molecule has 0 aromatic heterocycles. The minimum absolute atomic E-state index is 0.166. The van der Waals surface area contributed by atoms with Crippen molar-refractivity contribution < 1.29 is 4.79 Å². The fraction of sp³-hybridized carbons (Fsp3) is 0.375. The van der Waals surface area contributed by atoms with Gasteiger partial charge in [0.05, 0.1) is 17.3 Å². The van der Waals surface area contributed by atoms with Crippen LogP contribution in [0.5, 0.6) is 0 Å². The number of hydrogen-bond donors (Lipinski definition) is 1. The number of para-hydroxylation sites is 1. The van der Waals surface area contributed by atoms with Gasteiger partial charge in [-0.05, 0) is 60.9 Å². The fourth-order valence-corrected chi connectivity index (χ4v) is 5.19. The second-order valence-corrected chi connectivity index (χ2v) is 8.59. The van der Waals surface area contributed by atoms with Crippen molar-refractivity contribution in [2.45, 2.75) is 37.6 Å². The molecule has 144 valence electrons. The number of carbonyl (C=O) groups excluding carboxylic acids is 1. The number of halogens is 1. The summed E-state index contributed by atoms with van der Waals surface area (Å²) >= 11 is 6.11. The van der Waals surface area contributed by atoms with Crippen molar-refractivity contribution in [1.82, 2.24) is 4.90 Å². The lowest BCUT2D eigenvalue weighted by Crippen LogP contribution is -2.37.